The van der Waals surface area contributed by atoms with E-state index >= 15 is 0 Å². The van der Waals surface area contributed by atoms with E-state index in [0.29, 0.717) is 0 Å². The summed E-state index contributed by atoms with van der Waals surface area (Å²) in [5, 5.41) is 14.0. The molecule has 22 heavy (non-hydrogen) atoms. The van der Waals surface area contributed by atoms with Gasteiger partial charge in [0.05, 0.1) is 11.5 Å². The summed E-state index contributed by atoms with van der Waals surface area (Å²) in [5.74, 6) is -0.00267. The zero-order chi connectivity index (χ0) is 16.6. The van der Waals surface area contributed by atoms with Gasteiger partial charge in [-0.2, -0.15) is 0 Å². The zero-order valence-electron chi connectivity index (χ0n) is 14.9. The number of rotatable bonds is 4. The van der Waals surface area contributed by atoms with Gasteiger partial charge in [-0.3, -0.25) is 4.79 Å². The van der Waals surface area contributed by atoms with Crippen molar-refractivity contribution in [3.8, 4) is 0 Å². The molecule has 2 aliphatic rings. The van der Waals surface area contributed by atoms with Crippen LogP contribution in [0, 0.1) is 11.8 Å². The Kier molecular flexibility index (Phi) is 4.94. The number of esters is 1. The van der Waals surface area contributed by atoms with Crippen molar-refractivity contribution in [3.05, 3.63) is 0 Å². The zero-order valence-corrected chi connectivity index (χ0v) is 14.9. The van der Waals surface area contributed by atoms with Gasteiger partial charge in [0, 0.05) is 5.54 Å². The normalized spacial score (nSPS) is 30.5. The standard InChI is InChI=1S/C18H33NO3/c1-16(2,3)22-15(20)14-13(12-19-17(14,4)5)8-11-18(21)9-6-7-10-18/h13-14,19,21H,6-12H2,1-5H3/t13-,14-/m1/s1. The molecular weight excluding hydrogens is 278 g/mol. The summed E-state index contributed by atoms with van der Waals surface area (Å²) in [5.41, 5.74) is -1.19. The molecule has 0 aromatic rings. The highest BCUT2D eigenvalue weighted by molar-refractivity contribution is 5.75. The Morgan fingerprint density at radius 1 is 1.27 bits per heavy atom. The lowest BCUT2D eigenvalue weighted by molar-refractivity contribution is -0.163. The van der Waals surface area contributed by atoms with Crippen molar-refractivity contribution in [2.75, 3.05) is 6.54 Å². The Bertz CT molecular complexity index is 405. The third kappa shape index (κ3) is 4.23. The van der Waals surface area contributed by atoms with Crippen LogP contribution in [0.5, 0.6) is 0 Å². The summed E-state index contributed by atoms with van der Waals surface area (Å²) in [6, 6.07) is 0. The van der Waals surface area contributed by atoms with E-state index < -0.39 is 11.2 Å². The van der Waals surface area contributed by atoms with Gasteiger partial charge in [0.15, 0.2) is 0 Å². The van der Waals surface area contributed by atoms with Gasteiger partial charge in [0.2, 0.25) is 0 Å². The number of nitrogens with one attached hydrogen (secondary N) is 1. The van der Waals surface area contributed by atoms with Crippen LogP contribution >= 0.6 is 0 Å². The molecule has 1 heterocycles. The molecule has 1 saturated carbocycles. The lowest BCUT2D eigenvalue weighted by atomic mass is 9.78. The van der Waals surface area contributed by atoms with E-state index in [-0.39, 0.29) is 23.3 Å². The van der Waals surface area contributed by atoms with Crippen LogP contribution in [0.1, 0.15) is 73.1 Å². The molecule has 4 heteroatoms. The van der Waals surface area contributed by atoms with Gasteiger partial charge in [-0.15, -0.1) is 0 Å². The fraction of sp³-hybridized carbons (Fsp3) is 0.944. The molecular formula is C18H33NO3. The van der Waals surface area contributed by atoms with Gasteiger partial charge in [0.1, 0.15) is 5.60 Å². The maximum absolute atomic E-state index is 12.6. The first kappa shape index (κ1) is 17.7. The number of aliphatic hydroxyl groups is 1. The Morgan fingerprint density at radius 2 is 1.86 bits per heavy atom. The number of carbonyl (C=O) groups excluding carboxylic acids is 1. The summed E-state index contributed by atoms with van der Waals surface area (Å²) in [4.78, 5) is 12.6. The minimum atomic E-state index is -0.495. The average Bonchev–Trinajstić information content (AvgIpc) is 2.89. The van der Waals surface area contributed by atoms with Crippen LogP contribution in [-0.4, -0.2) is 34.4 Å². The molecule has 1 saturated heterocycles. The molecule has 2 atom stereocenters. The fourth-order valence-corrected chi connectivity index (χ4v) is 4.07. The third-order valence-corrected chi connectivity index (χ3v) is 5.24. The first-order valence-corrected chi connectivity index (χ1v) is 8.73. The van der Waals surface area contributed by atoms with Crippen LogP contribution in [-0.2, 0) is 9.53 Å². The third-order valence-electron chi connectivity index (χ3n) is 5.24. The number of ether oxygens (including phenoxy) is 1. The highest BCUT2D eigenvalue weighted by Crippen LogP contribution is 2.40. The molecule has 128 valence electrons. The number of hydrogen-bond donors (Lipinski definition) is 2. The molecule has 0 radical (unpaired) electrons. The van der Waals surface area contributed by atoms with Crippen molar-refractivity contribution in [2.24, 2.45) is 11.8 Å². The predicted octanol–water partition coefficient (Wildman–Crippen LogP) is 3.03. The Labute approximate surface area is 135 Å². The molecule has 2 fully saturated rings. The topological polar surface area (TPSA) is 58.6 Å². The second kappa shape index (κ2) is 6.12. The molecule has 2 N–H and O–H groups in total. The molecule has 0 spiro atoms. The van der Waals surface area contributed by atoms with Crippen LogP contribution in [0.3, 0.4) is 0 Å². The summed E-state index contributed by atoms with van der Waals surface area (Å²) >= 11 is 0. The minimum Gasteiger partial charge on any atom is -0.460 e. The Morgan fingerprint density at radius 3 is 2.41 bits per heavy atom. The summed E-state index contributed by atoms with van der Waals surface area (Å²) < 4.78 is 5.64. The first-order chi connectivity index (χ1) is 10.0. The second-order valence-corrected chi connectivity index (χ2v) is 8.84. The van der Waals surface area contributed by atoms with Gasteiger partial charge < -0.3 is 15.2 Å². The summed E-state index contributed by atoms with van der Waals surface area (Å²) in [6.07, 6.45) is 5.76. The van der Waals surface area contributed by atoms with Crippen LogP contribution < -0.4 is 5.32 Å². The first-order valence-electron chi connectivity index (χ1n) is 8.73. The second-order valence-electron chi connectivity index (χ2n) is 8.84. The monoisotopic (exact) mass is 311 g/mol. The van der Waals surface area contributed by atoms with Gasteiger partial charge >= 0.3 is 5.97 Å². The van der Waals surface area contributed by atoms with Crippen molar-refractivity contribution in [1.82, 2.24) is 5.32 Å². The van der Waals surface area contributed by atoms with E-state index in [1.165, 1.54) is 0 Å². The molecule has 0 aromatic heterocycles. The Hall–Kier alpha value is -0.610. The van der Waals surface area contributed by atoms with E-state index in [9.17, 15) is 9.90 Å². The quantitative estimate of drug-likeness (QED) is 0.784. The summed E-state index contributed by atoms with van der Waals surface area (Å²) in [6.45, 7) is 10.7. The molecule has 1 aliphatic heterocycles. The van der Waals surface area contributed by atoms with Crippen molar-refractivity contribution in [3.63, 3.8) is 0 Å². The lowest BCUT2D eigenvalue weighted by Gasteiger charge is -2.32. The highest BCUT2D eigenvalue weighted by atomic mass is 16.6. The van der Waals surface area contributed by atoms with Crippen LogP contribution in [0.25, 0.3) is 0 Å². The van der Waals surface area contributed by atoms with E-state index in [0.717, 1.165) is 45.1 Å². The highest BCUT2D eigenvalue weighted by Gasteiger charge is 2.48. The van der Waals surface area contributed by atoms with Gasteiger partial charge in [-0.05, 0) is 72.8 Å². The maximum atomic E-state index is 12.6. The van der Waals surface area contributed by atoms with Crippen molar-refractivity contribution >= 4 is 5.97 Å². The predicted molar refractivity (Wildman–Crippen MR) is 87.6 cm³/mol. The number of hydrogen-bond acceptors (Lipinski definition) is 4. The molecule has 2 rings (SSSR count). The molecule has 0 unspecified atom stereocenters. The van der Waals surface area contributed by atoms with Gasteiger partial charge in [0.25, 0.3) is 0 Å². The molecule has 1 aliphatic carbocycles. The fourth-order valence-electron chi connectivity index (χ4n) is 4.07. The van der Waals surface area contributed by atoms with E-state index in [2.05, 4.69) is 19.2 Å². The van der Waals surface area contributed by atoms with Crippen molar-refractivity contribution < 1.29 is 14.6 Å². The van der Waals surface area contributed by atoms with E-state index in [4.69, 9.17) is 4.74 Å². The van der Waals surface area contributed by atoms with Crippen LogP contribution in [0.4, 0.5) is 0 Å². The van der Waals surface area contributed by atoms with Gasteiger partial charge in [-0.25, -0.2) is 0 Å². The smallest absolute Gasteiger partial charge is 0.311 e. The largest absolute Gasteiger partial charge is 0.460 e. The summed E-state index contributed by atoms with van der Waals surface area (Å²) in [7, 11) is 0. The number of carbonyl (C=O) groups is 1. The van der Waals surface area contributed by atoms with Crippen molar-refractivity contribution in [2.45, 2.75) is 89.9 Å². The van der Waals surface area contributed by atoms with Crippen LogP contribution in [0.15, 0.2) is 0 Å². The molecule has 0 bridgehead atoms. The minimum absolute atomic E-state index is 0.106. The lowest BCUT2D eigenvalue weighted by Crippen LogP contribution is -2.45. The van der Waals surface area contributed by atoms with Gasteiger partial charge in [-0.1, -0.05) is 12.8 Å². The van der Waals surface area contributed by atoms with E-state index in [1.54, 1.807) is 0 Å². The molecule has 0 amide bonds. The maximum Gasteiger partial charge on any atom is 0.311 e. The van der Waals surface area contributed by atoms with Crippen LogP contribution in [0.2, 0.25) is 0 Å². The van der Waals surface area contributed by atoms with Crippen molar-refractivity contribution in [1.29, 1.82) is 0 Å². The average molecular weight is 311 g/mol. The van der Waals surface area contributed by atoms with E-state index in [1.807, 2.05) is 20.8 Å². The molecule has 4 nitrogen and oxygen atoms in total. The molecule has 0 aromatic carbocycles. The SMILES string of the molecule is CC(C)(C)OC(=O)[C@H]1[C@H](CCC2(O)CCCC2)CNC1(C)C. The Balaban J connectivity index is 2.01.